The van der Waals surface area contributed by atoms with Gasteiger partial charge in [-0.25, -0.2) is 12.8 Å². The molecule has 0 aliphatic carbocycles. The van der Waals surface area contributed by atoms with Crippen LogP contribution in [0.1, 0.15) is 10.4 Å². The molecule has 0 radical (unpaired) electrons. The first-order chi connectivity index (χ1) is 20.5. The zero-order valence-electron chi connectivity index (χ0n) is 23.5. The van der Waals surface area contributed by atoms with Crippen LogP contribution in [0.5, 0.6) is 0 Å². The number of nitrogens with one attached hydrogen (secondary N) is 1. The van der Waals surface area contributed by atoms with Gasteiger partial charge in [-0.2, -0.15) is 0 Å². The number of amides is 1. The Morgan fingerprint density at radius 3 is 2.42 bits per heavy atom. The Labute approximate surface area is 245 Å². The normalized spacial score (nSPS) is 11.7. The number of aromatic nitrogens is 2. The number of pyridine rings is 2. The summed E-state index contributed by atoms with van der Waals surface area (Å²) in [6, 6.07) is 15.4. The van der Waals surface area contributed by atoms with E-state index in [9.17, 15) is 22.4 Å². The van der Waals surface area contributed by atoms with Gasteiger partial charge in [0.25, 0.3) is 11.5 Å². The van der Waals surface area contributed by atoms with Gasteiger partial charge >= 0.3 is 0 Å². The molecular formula is C31H25FN4O6S. The van der Waals surface area contributed by atoms with E-state index in [1.54, 1.807) is 49.8 Å². The molecule has 218 valence electrons. The Morgan fingerprint density at radius 2 is 1.74 bits per heavy atom. The van der Waals surface area contributed by atoms with Gasteiger partial charge in [0.2, 0.25) is 10.0 Å². The van der Waals surface area contributed by atoms with E-state index in [4.69, 9.17) is 8.83 Å². The number of fused-ring (bicyclic) bond motifs is 2. The molecule has 6 rings (SSSR count). The number of hydrogen-bond donors (Lipinski definition) is 1. The minimum atomic E-state index is -3.76. The maximum Gasteiger partial charge on any atom is 0.261 e. The summed E-state index contributed by atoms with van der Waals surface area (Å²) in [5.41, 5.74) is 2.98. The van der Waals surface area contributed by atoms with Crippen molar-refractivity contribution in [2.75, 3.05) is 24.7 Å². The van der Waals surface area contributed by atoms with E-state index < -0.39 is 21.7 Å². The number of sulfonamides is 1. The van der Waals surface area contributed by atoms with Crippen molar-refractivity contribution in [3.05, 3.63) is 94.8 Å². The molecule has 1 amide bonds. The van der Waals surface area contributed by atoms with Crippen molar-refractivity contribution in [2.24, 2.45) is 7.05 Å². The number of aryl methyl sites for hydroxylation is 1. The lowest BCUT2D eigenvalue weighted by atomic mass is 9.98. The van der Waals surface area contributed by atoms with Gasteiger partial charge in [0, 0.05) is 67.7 Å². The zero-order chi connectivity index (χ0) is 30.6. The Bertz CT molecular complexity index is 2200. The molecule has 12 heteroatoms. The van der Waals surface area contributed by atoms with E-state index in [1.807, 2.05) is 0 Å². The highest BCUT2D eigenvalue weighted by Gasteiger charge is 2.26. The monoisotopic (exact) mass is 600 g/mol. The Kier molecular flexibility index (Phi) is 6.65. The van der Waals surface area contributed by atoms with Crippen LogP contribution in [0.4, 0.5) is 10.1 Å². The molecule has 1 N–H and O–H groups in total. The van der Waals surface area contributed by atoms with E-state index >= 15 is 0 Å². The molecule has 0 saturated heterocycles. The molecule has 0 atom stereocenters. The van der Waals surface area contributed by atoms with Crippen LogP contribution in [0.2, 0.25) is 0 Å². The SMILES string of the molecule is CNC(=O)c1c(-c2ccc(F)cc2)oc2cc(N(C)S(C)(=O)=O)c(-c3cc(-c4cc5ncccc5o4)c(=O)n(C)c3)cc12. The van der Waals surface area contributed by atoms with Crippen molar-refractivity contribution in [3.8, 4) is 33.8 Å². The molecule has 2 aromatic carbocycles. The summed E-state index contributed by atoms with van der Waals surface area (Å²) in [6.07, 6.45) is 4.26. The molecule has 4 aromatic heterocycles. The summed E-state index contributed by atoms with van der Waals surface area (Å²) < 4.78 is 53.7. The standard InChI is InChI=1S/C31H25FN4O6S/c1-33-30(37)28-21-13-20(18-12-22(31(38)35(2)16-18)26-14-23-25(41-26)6-5-11-34-23)24(36(3)43(4,39)40)15-27(21)42-29(28)17-7-9-19(32)10-8-17/h5-16H,1-4H3,(H,33,37). The lowest BCUT2D eigenvalue weighted by Gasteiger charge is -2.21. The molecule has 4 heterocycles. The number of carbonyl (C=O) groups is 1. The number of anilines is 1. The lowest BCUT2D eigenvalue weighted by molar-refractivity contribution is 0.0964. The topological polar surface area (TPSA) is 128 Å². The van der Waals surface area contributed by atoms with Crippen LogP contribution in [0, 0.1) is 5.82 Å². The predicted molar refractivity (Wildman–Crippen MR) is 162 cm³/mol. The van der Waals surface area contributed by atoms with Gasteiger partial charge in [-0.05, 0) is 48.5 Å². The first-order valence-electron chi connectivity index (χ1n) is 13.0. The number of hydrogen-bond acceptors (Lipinski definition) is 7. The highest BCUT2D eigenvalue weighted by Crippen LogP contribution is 2.42. The number of rotatable bonds is 6. The third-order valence-electron chi connectivity index (χ3n) is 7.25. The van der Waals surface area contributed by atoms with Crippen molar-refractivity contribution in [3.63, 3.8) is 0 Å². The molecule has 43 heavy (non-hydrogen) atoms. The minimum Gasteiger partial charge on any atom is -0.455 e. The second-order valence-corrected chi connectivity index (χ2v) is 12.1. The second-order valence-electron chi connectivity index (χ2n) is 10.0. The lowest BCUT2D eigenvalue weighted by Crippen LogP contribution is -2.25. The maximum absolute atomic E-state index is 13.7. The van der Waals surface area contributed by atoms with Gasteiger partial charge in [0.05, 0.1) is 23.1 Å². The van der Waals surface area contributed by atoms with Crippen LogP contribution in [0.3, 0.4) is 0 Å². The van der Waals surface area contributed by atoms with Crippen LogP contribution in [-0.4, -0.2) is 44.2 Å². The zero-order valence-corrected chi connectivity index (χ0v) is 24.3. The highest BCUT2D eigenvalue weighted by atomic mass is 32.2. The average molecular weight is 601 g/mol. The molecule has 0 aliphatic rings. The summed E-state index contributed by atoms with van der Waals surface area (Å²) in [7, 11) is 0.696. The molecule has 0 aliphatic heterocycles. The van der Waals surface area contributed by atoms with Crippen LogP contribution >= 0.6 is 0 Å². The number of nitrogens with zero attached hydrogens (tertiary/aromatic N) is 3. The van der Waals surface area contributed by atoms with Crippen molar-refractivity contribution in [2.45, 2.75) is 0 Å². The number of furan rings is 2. The van der Waals surface area contributed by atoms with Gasteiger partial charge in [0.15, 0.2) is 5.58 Å². The van der Waals surface area contributed by atoms with E-state index in [2.05, 4.69) is 10.3 Å². The molecule has 0 saturated carbocycles. The minimum absolute atomic E-state index is 0.187. The van der Waals surface area contributed by atoms with Gasteiger partial charge in [-0.1, -0.05) is 0 Å². The van der Waals surface area contributed by atoms with Crippen molar-refractivity contribution < 1.29 is 26.4 Å². The number of carbonyl (C=O) groups excluding carboxylic acids is 1. The summed E-state index contributed by atoms with van der Waals surface area (Å²) in [4.78, 5) is 30.7. The molecule has 0 fully saturated rings. The summed E-state index contributed by atoms with van der Waals surface area (Å²) in [5, 5.41) is 3.01. The molecule has 0 unspecified atom stereocenters. The summed E-state index contributed by atoms with van der Waals surface area (Å²) in [5.74, 6) is -0.422. The first kappa shape index (κ1) is 27.9. The quantitative estimate of drug-likeness (QED) is 0.279. The molecule has 6 aromatic rings. The summed E-state index contributed by atoms with van der Waals surface area (Å²) >= 11 is 0. The van der Waals surface area contributed by atoms with Crippen molar-refractivity contribution in [1.82, 2.24) is 14.9 Å². The molecule has 0 spiro atoms. The van der Waals surface area contributed by atoms with Crippen LogP contribution in [0.25, 0.3) is 55.8 Å². The summed E-state index contributed by atoms with van der Waals surface area (Å²) in [6.45, 7) is 0. The van der Waals surface area contributed by atoms with E-state index in [1.165, 1.54) is 49.0 Å². The van der Waals surface area contributed by atoms with Gasteiger partial charge in [-0.15, -0.1) is 0 Å². The maximum atomic E-state index is 13.7. The fourth-order valence-corrected chi connectivity index (χ4v) is 5.50. The Morgan fingerprint density at radius 1 is 1.00 bits per heavy atom. The third kappa shape index (κ3) is 4.85. The van der Waals surface area contributed by atoms with Gasteiger partial charge in [-0.3, -0.25) is 18.9 Å². The largest absolute Gasteiger partial charge is 0.455 e. The van der Waals surface area contributed by atoms with Crippen molar-refractivity contribution >= 4 is 43.7 Å². The molecular weight excluding hydrogens is 575 g/mol. The number of halogens is 1. The second kappa shape index (κ2) is 10.2. The van der Waals surface area contributed by atoms with E-state index in [0.29, 0.717) is 38.9 Å². The number of benzene rings is 2. The van der Waals surface area contributed by atoms with Crippen LogP contribution in [-0.2, 0) is 17.1 Å². The Balaban J connectivity index is 1.66. The fraction of sp³-hybridized carbons (Fsp3) is 0.129. The highest BCUT2D eigenvalue weighted by molar-refractivity contribution is 7.92. The van der Waals surface area contributed by atoms with E-state index in [0.717, 1.165) is 10.6 Å². The molecule has 10 nitrogen and oxygen atoms in total. The Hall–Kier alpha value is -5.23. The predicted octanol–water partition coefficient (Wildman–Crippen LogP) is 5.17. The third-order valence-corrected chi connectivity index (χ3v) is 8.44. The van der Waals surface area contributed by atoms with Crippen molar-refractivity contribution in [1.29, 1.82) is 0 Å². The van der Waals surface area contributed by atoms with Gasteiger partial charge < -0.3 is 18.7 Å². The van der Waals surface area contributed by atoms with E-state index in [-0.39, 0.29) is 33.7 Å². The van der Waals surface area contributed by atoms with Crippen LogP contribution < -0.4 is 15.2 Å². The molecule has 0 bridgehead atoms. The van der Waals surface area contributed by atoms with Gasteiger partial charge in [0.1, 0.15) is 28.4 Å². The fourth-order valence-electron chi connectivity index (χ4n) is 5.00. The average Bonchev–Trinajstić information content (AvgIpc) is 3.58. The van der Waals surface area contributed by atoms with Crippen LogP contribution in [0.15, 0.2) is 86.7 Å². The first-order valence-corrected chi connectivity index (χ1v) is 14.9. The smallest absolute Gasteiger partial charge is 0.261 e.